The summed E-state index contributed by atoms with van der Waals surface area (Å²) >= 11 is 3.30. The van der Waals surface area contributed by atoms with E-state index in [1.165, 1.54) is 18.5 Å². The van der Waals surface area contributed by atoms with Crippen molar-refractivity contribution < 1.29 is 9.13 Å². The fourth-order valence-electron chi connectivity index (χ4n) is 1.39. The number of aryl methyl sites for hydroxylation is 1. The van der Waals surface area contributed by atoms with Gasteiger partial charge in [-0.2, -0.15) is 5.10 Å². The van der Waals surface area contributed by atoms with Crippen molar-refractivity contribution in [1.29, 1.82) is 0 Å². The number of nitrogens with zero attached hydrogens (tertiary/aromatic N) is 3. The average Bonchev–Trinajstić information content (AvgIpc) is 2.73. The maximum absolute atomic E-state index is 13.0. The van der Waals surface area contributed by atoms with E-state index in [-0.39, 0.29) is 5.82 Å². The zero-order valence-corrected chi connectivity index (χ0v) is 10.8. The molecule has 0 N–H and O–H groups in total. The lowest BCUT2D eigenvalue weighted by atomic mass is 10.2. The van der Waals surface area contributed by atoms with Gasteiger partial charge in [-0.15, -0.1) is 0 Å². The molecule has 2 rings (SSSR count). The maximum atomic E-state index is 13.0. The van der Waals surface area contributed by atoms with E-state index in [0.717, 1.165) is 11.4 Å². The number of ether oxygens (including phenoxy) is 1. The van der Waals surface area contributed by atoms with Crippen molar-refractivity contribution in [2.45, 2.75) is 11.9 Å². The number of rotatable bonds is 4. The quantitative estimate of drug-likeness (QED) is 0.814. The van der Waals surface area contributed by atoms with Crippen LogP contribution < -0.4 is 4.74 Å². The third-order valence-corrected chi connectivity index (χ3v) is 2.93. The van der Waals surface area contributed by atoms with Gasteiger partial charge in [0.1, 0.15) is 24.5 Å². The Hall–Kier alpha value is -1.43. The molecule has 4 nitrogen and oxygen atoms in total. The lowest BCUT2D eigenvalue weighted by Gasteiger charge is -2.09. The monoisotopic (exact) mass is 299 g/mol. The summed E-state index contributed by atoms with van der Waals surface area (Å²) in [6.07, 6.45) is 1.47. The molecule has 0 saturated heterocycles. The van der Waals surface area contributed by atoms with Gasteiger partial charge in [-0.05, 0) is 18.2 Å². The third kappa shape index (κ3) is 2.82. The Morgan fingerprint density at radius 1 is 1.47 bits per heavy atom. The minimum Gasteiger partial charge on any atom is -0.485 e. The van der Waals surface area contributed by atoms with Gasteiger partial charge in [0.05, 0.1) is 0 Å². The van der Waals surface area contributed by atoms with Crippen LogP contribution in [0, 0.1) is 5.82 Å². The molecule has 90 valence electrons. The van der Waals surface area contributed by atoms with Crippen molar-refractivity contribution >= 4 is 15.9 Å². The number of hydrogen-bond acceptors (Lipinski definition) is 3. The Morgan fingerprint density at radius 2 is 2.29 bits per heavy atom. The van der Waals surface area contributed by atoms with Crippen molar-refractivity contribution in [2.24, 2.45) is 7.05 Å². The highest BCUT2D eigenvalue weighted by Gasteiger charge is 2.06. The second-order valence-corrected chi connectivity index (χ2v) is 4.03. The van der Waals surface area contributed by atoms with Gasteiger partial charge in [0, 0.05) is 17.9 Å². The van der Waals surface area contributed by atoms with E-state index in [0.29, 0.717) is 17.7 Å². The highest BCUT2D eigenvalue weighted by Crippen LogP contribution is 2.22. The summed E-state index contributed by atoms with van der Waals surface area (Å²) < 4.78 is 20.2. The van der Waals surface area contributed by atoms with Crippen LogP contribution in [-0.4, -0.2) is 14.8 Å². The molecule has 2 aromatic rings. The molecule has 0 unspecified atom stereocenters. The Kier molecular flexibility index (Phi) is 3.73. The molecule has 0 amide bonds. The smallest absolute Gasteiger partial charge is 0.164 e. The first-order valence-corrected chi connectivity index (χ1v) is 6.13. The van der Waals surface area contributed by atoms with Crippen LogP contribution in [0.15, 0.2) is 24.5 Å². The molecule has 0 saturated carbocycles. The number of aromatic nitrogens is 3. The Morgan fingerprint density at radius 3 is 2.94 bits per heavy atom. The summed E-state index contributed by atoms with van der Waals surface area (Å²) in [7, 11) is 1.79. The first-order valence-electron chi connectivity index (χ1n) is 5.01. The van der Waals surface area contributed by atoms with E-state index >= 15 is 0 Å². The van der Waals surface area contributed by atoms with Gasteiger partial charge in [-0.3, -0.25) is 4.68 Å². The molecule has 0 aliphatic carbocycles. The maximum Gasteiger partial charge on any atom is 0.164 e. The van der Waals surface area contributed by atoms with Crippen molar-refractivity contribution in [3.63, 3.8) is 0 Å². The van der Waals surface area contributed by atoms with Crippen LogP contribution in [0.3, 0.4) is 0 Å². The normalized spacial score (nSPS) is 10.5. The lowest BCUT2D eigenvalue weighted by Crippen LogP contribution is -2.05. The van der Waals surface area contributed by atoms with Crippen molar-refractivity contribution in [3.8, 4) is 5.75 Å². The molecule has 1 aromatic heterocycles. The molecule has 0 spiro atoms. The molecule has 1 heterocycles. The van der Waals surface area contributed by atoms with Gasteiger partial charge in [-0.1, -0.05) is 15.9 Å². The van der Waals surface area contributed by atoms with Gasteiger partial charge in [-0.25, -0.2) is 9.37 Å². The number of alkyl halides is 1. The molecule has 0 aliphatic heterocycles. The van der Waals surface area contributed by atoms with Gasteiger partial charge < -0.3 is 4.74 Å². The minimum absolute atomic E-state index is 0.273. The van der Waals surface area contributed by atoms with E-state index in [1.807, 2.05) is 0 Å². The van der Waals surface area contributed by atoms with Crippen LogP contribution in [0.4, 0.5) is 4.39 Å². The second-order valence-electron chi connectivity index (χ2n) is 3.47. The van der Waals surface area contributed by atoms with E-state index in [2.05, 4.69) is 26.0 Å². The van der Waals surface area contributed by atoms with Crippen LogP contribution in [0.25, 0.3) is 0 Å². The number of hydrogen-bond donors (Lipinski definition) is 0. The van der Waals surface area contributed by atoms with E-state index < -0.39 is 0 Å². The molecule has 0 atom stereocenters. The predicted molar refractivity (Wildman–Crippen MR) is 64.4 cm³/mol. The minimum atomic E-state index is -0.273. The van der Waals surface area contributed by atoms with Crippen LogP contribution in [-0.2, 0) is 19.0 Å². The van der Waals surface area contributed by atoms with Crippen molar-refractivity contribution in [1.82, 2.24) is 14.8 Å². The topological polar surface area (TPSA) is 39.9 Å². The Balaban J connectivity index is 2.11. The number of benzene rings is 1. The highest BCUT2D eigenvalue weighted by molar-refractivity contribution is 9.08. The summed E-state index contributed by atoms with van der Waals surface area (Å²) in [6, 6.07) is 4.43. The summed E-state index contributed by atoms with van der Waals surface area (Å²) in [4.78, 5) is 4.04. The van der Waals surface area contributed by atoms with Gasteiger partial charge in [0.25, 0.3) is 0 Å². The van der Waals surface area contributed by atoms with E-state index in [9.17, 15) is 4.39 Å². The average molecular weight is 300 g/mol. The van der Waals surface area contributed by atoms with Crippen LogP contribution in [0.1, 0.15) is 11.4 Å². The Labute approximate surface area is 107 Å². The summed E-state index contributed by atoms with van der Waals surface area (Å²) in [5, 5.41) is 4.48. The van der Waals surface area contributed by atoms with E-state index in [1.54, 1.807) is 17.8 Å². The molecule has 0 fully saturated rings. The van der Waals surface area contributed by atoms with Crippen LogP contribution >= 0.6 is 15.9 Å². The summed E-state index contributed by atoms with van der Waals surface area (Å²) in [6.45, 7) is 0.308. The fourth-order valence-corrected chi connectivity index (χ4v) is 1.82. The van der Waals surface area contributed by atoms with Crippen LogP contribution in [0.5, 0.6) is 5.75 Å². The molecular weight excluding hydrogens is 289 g/mol. The zero-order valence-electron chi connectivity index (χ0n) is 9.23. The zero-order chi connectivity index (χ0) is 12.3. The van der Waals surface area contributed by atoms with Gasteiger partial charge in [0.15, 0.2) is 5.82 Å². The molecule has 0 aliphatic rings. The molecular formula is C11H11BrFN3O. The van der Waals surface area contributed by atoms with E-state index in [4.69, 9.17) is 4.74 Å². The Bertz CT molecular complexity index is 515. The van der Waals surface area contributed by atoms with Gasteiger partial charge >= 0.3 is 0 Å². The first-order chi connectivity index (χ1) is 8.20. The molecule has 0 bridgehead atoms. The standard InChI is InChI=1S/C11H11BrFN3O/c1-16-11(14-7-15-16)6-17-10-3-2-9(13)4-8(10)5-12/h2-4,7H,5-6H2,1H3. The predicted octanol–water partition coefficient (Wildman–Crippen LogP) is 2.43. The molecule has 0 radical (unpaired) electrons. The summed E-state index contributed by atoms with van der Waals surface area (Å²) in [5.74, 6) is 1.09. The summed E-state index contributed by atoms with van der Waals surface area (Å²) in [5.41, 5.74) is 0.771. The molecule has 1 aromatic carbocycles. The van der Waals surface area contributed by atoms with Crippen LogP contribution in [0.2, 0.25) is 0 Å². The third-order valence-electron chi connectivity index (χ3n) is 2.33. The lowest BCUT2D eigenvalue weighted by molar-refractivity contribution is 0.287. The largest absolute Gasteiger partial charge is 0.485 e. The number of halogens is 2. The highest BCUT2D eigenvalue weighted by atomic mass is 79.9. The fraction of sp³-hybridized carbons (Fsp3) is 0.273. The molecule has 17 heavy (non-hydrogen) atoms. The first kappa shape index (κ1) is 12.0. The second kappa shape index (κ2) is 5.27. The van der Waals surface area contributed by atoms with Crippen molar-refractivity contribution in [2.75, 3.05) is 0 Å². The molecule has 6 heteroatoms. The van der Waals surface area contributed by atoms with Gasteiger partial charge in [0.2, 0.25) is 0 Å². The van der Waals surface area contributed by atoms with Crippen molar-refractivity contribution in [3.05, 3.63) is 41.7 Å². The SMILES string of the molecule is Cn1ncnc1COc1ccc(F)cc1CBr.